The van der Waals surface area contributed by atoms with Crippen molar-refractivity contribution in [3.8, 4) is 34.1 Å². The molecular formula is C51H48N12O9. The van der Waals surface area contributed by atoms with Gasteiger partial charge >= 0.3 is 34.1 Å². The van der Waals surface area contributed by atoms with Gasteiger partial charge in [-0.1, -0.05) is 0 Å². The van der Waals surface area contributed by atoms with E-state index in [0.29, 0.717) is 104 Å². The number of amides is 3. The SMILES string of the molecule is Cc1cc(N)ccc1-n1c(=O)n(-c2ccc(N)cc2C)c(=O)n(-c2ccc(N)cc2C)c1=O.Cc1cc(NC=O)ccc1-n1c(=O)n(-c2ccc(NC=O)cc2C)c(=O)n(-c2ccc(NC=O)cc2C)c1=O. The summed E-state index contributed by atoms with van der Waals surface area (Å²) in [4.78, 5) is 115. The number of anilines is 6. The molecule has 72 heavy (non-hydrogen) atoms. The summed E-state index contributed by atoms with van der Waals surface area (Å²) in [7, 11) is 0. The van der Waals surface area contributed by atoms with Crippen molar-refractivity contribution < 1.29 is 14.4 Å². The number of nitrogen functional groups attached to an aromatic ring is 3. The summed E-state index contributed by atoms with van der Waals surface area (Å²) in [6.07, 6.45) is 1.52. The first kappa shape index (κ1) is 49.8. The topological polar surface area (TPSA) is 297 Å². The Morgan fingerprint density at radius 1 is 0.306 bits per heavy atom. The summed E-state index contributed by atoms with van der Waals surface area (Å²) in [5.41, 5.74) is 20.2. The minimum atomic E-state index is -0.906. The summed E-state index contributed by atoms with van der Waals surface area (Å²) in [6, 6.07) is 28.3. The Bertz CT molecular complexity index is 3440. The normalized spacial score (nSPS) is 10.8. The first-order valence-electron chi connectivity index (χ1n) is 21.9. The zero-order valence-electron chi connectivity index (χ0n) is 39.7. The van der Waals surface area contributed by atoms with Crippen LogP contribution < -0.4 is 67.3 Å². The van der Waals surface area contributed by atoms with E-state index in [1.165, 1.54) is 36.4 Å². The number of nitrogens with one attached hydrogen (secondary N) is 3. The van der Waals surface area contributed by atoms with Crippen LogP contribution >= 0.6 is 0 Å². The van der Waals surface area contributed by atoms with Crippen LogP contribution in [0.25, 0.3) is 34.1 Å². The third-order valence-electron chi connectivity index (χ3n) is 11.7. The monoisotopic (exact) mass is 972 g/mol. The molecule has 0 spiro atoms. The van der Waals surface area contributed by atoms with Crippen molar-refractivity contribution in [1.82, 2.24) is 27.4 Å². The van der Waals surface area contributed by atoms with Crippen molar-refractivity contribution in [2.45, 2.75) is 41.5 Å². The summed E-state index contributed by atoms with van der Waals surface area (Å²) < 4.78 is 5.58. The molecule has 0 unspecified atom stereocenters. The van der Waals surface area contributed by atoms with Crippen molar-refractivity contribution in [2.24, 2.45) is 0 Å². The molecular weight excluding hydrogens is 925 g/mol. The molecule has 0 aliphatic carbocycles. The highest BCUT2D eigenvalue weighted by Gasteiger charge is 2.24. The van der Waals surface area contributed by atoms with Crippen molar-refractivity contribution >= 4 is 53.4 Å². The first-order valence-corrected chi connectivity index (χ1v) is 21.9. The molecule has 0 radical (unpaired) electrons. The van der Waals surface area contributed by atoms with Crippen LogP contribution in [0.1, 0.15) is 33.4 Å². The van der Waals surface area contributed by atoms with Crippen molar-refractivity contribution in [2.75, 3.05) is 33.2 Å². The Morgan fingerprint density at radius 2 is 0.486 bits per heavy atom. The van der Waals surface area contributed by atoms with Gasteiger partial charge in [0.05, 0.1) is 34.1 Å². The summed E-state index contributed by atoms with van der Waals surface area (Å²) in [5.74, 6) is 0. The van der Waals surface area contributed by atoms with Gasteiger partial charge in [0.15, 0.2) is 0 Å². The van der Waals surface area contributed by atoms with E-state index in [2.05, 4.69) is 16.0 Å². The molecule has 21 nitrogen and oxygen atoms in total. The molecule has 6 aromatic carbocycles. The number of nitrogens with zero attached hydrogens (tertiary/aromatic N) is 6. The number of carbonyl (C=O) groups excluding carboxylic acids is 3. The highest BCUT2D eigenvalue weighted by atomic mass is 16.2. The number of carbonyl (C=O) groups is 3. The van der Waals surface area contributed by atoms with Gasteiger partial charge in [-0.3, -0.25) is 14.4 Å². The number of rotatable bonds is 12. The van der Waals surface area contributed by atoms with Gasteiger partial charge in [-0.2, -0.15) is 0 Å². The van der Waals surface area contributed by atoms with Crippen LogP contribution in [0.4, 0.5) is 34.1 Å². The average molecular weight is 973 g/mol. The number of aromatic nitrogens is 6. The maximum atomic E-state index is 13.9. The van der Waals surface area contributed by atoms with Crippen LogP contribution in [-0.4, -0.2) is 46.6 Å². The van der Waals surface area contributed by atoms with E-state index in [-0.39, 0.29) is 17.1 Å². The molecule has 0 fully saturated rings. The van der Waals surface area contributed by atoms with E-state index in [0.717, 1.165) is 27.4 Å². The maximum absolute atomic E-state index is 13.9. The summed E-state index contributed by atoms with van der Waals surface area (Å²) in [6.45, 7) is 10.2. The van der Waals surface area contributed by atoms with E-state index < -0.39 is 34.1 Å². The van der Waals surface area contributed by atoms with Crippen LogP contribution in [0.2, 0.25) is 0 Å². The molecule has 8 aromatic rings. The largest absolute Gasteiger partial charge is 0.399 e. The lowest BCUT2D eigenvalue weighted by Gasteiger charge is -2.18. The third kappa shape index (κ3) is 9.39. The number of hydrogen-bond acceptors (Lipinski definition) is 12. The van der Waals surface area contributed by atoms with E-state index in [9.17, 15) is 43.2 Å². The minimum absolute atomic E-state index is 0.206. The van der Waals surface area contributed by atoms with Crippen LogP contribution in [0.3, 0.4) is 0 Å². The van der Waals surface area contributed by atoms with Gasteiger partial charge in [-0.05, 0) is 184 Å². The molecule has 0 saturated heterocycles. The van der Waals surface area contributed by atoms with E-state index in [1.54, 1.807) is 114 Å². The summed E-state index contributed by atoms with van der Waals surface area (Å²) >= 11 is 0. The number of aryl methyl sites for hydroxylation is 6. The highest BCUT2D eigenvalue weighted by molar-refractivity contribution is 5.74. The van der Waals surface area contributed by atoms with Gasteiger partial charge in [-0.15, -0.1) is 0 Å². The fourth-order valence-corrected chi connectivity index (χ4v) is 8.31. The van der Waals surface area contributed by atoms with Crippen LogP contribution in [0.5, 0.6) is 0 Å². The second kappa shape index (κ2) is 20.3. The maximum Gasteiger partial charge on any atom is 0.345 e. The fraction of sp³-hybridized carbons (Fsp3) is 0.118. The van der Waals surface area contributed by atoms with Gasteiger partial charge in [0, 0.05) is 34.1 Å². The quantitative estimate of drug-likeness (QED) is 0.0757. The molecule has 21 heteroatoms. The predicted octanol–water partition coefficient (Wildman–Crippen LogP) is 3.58. The van der Waals surface area contributed by atoms with Crippen LogP contribution in [0.15, 0.2) is 138 Å². The van der Waals surface area contributed by atoms with Crippen molar-refractivity contribution in [3.63, 3.8) is 0 Å². The third-order valence-corrected chi connectivity index (χ3v) is 11.7. The second-order valence-electron chi connectivity index (χ2n) is 16.6. The Morgan fingerprint density at radius 3 is 0.653 bits per heavy atom. The average Bonchev–Trinajstić information content (AvgIpc) is 3.31. The smallest absolute Gasteiger partial charge is 0.345 e. The summed E-state index contributed by atoms with van der Waals surface area (Å²) in [5, 5.41) is 7.55. The molecule has 3 amide bonds. The van der Waals surface area contributed by atoms with Gasteiger partial charge in [-0.25, -0.2) is 56.2 Å². The molecule has 2 aromatic heterocycles. The lowest BCUT2D eigenvalue weighted by Crippen LogP contribution is -2.53. The van der Waals surface area contributed by atoms with Crippen LogP contribution in [-0.2, 0) is 14.4 Å². The lowest BCUT2D eigenvalue weighted by molar-refractivity contribution is -0.106. The van der Waals surface area contributed by atoms with Crippen molar-refractivity contribution in [3.05, 3.63) is 205 Å². The zero-order chi connectivity index (χ0) is 52.3. The van der Waals surface area contributed by atoms with Crippen molar-refractivity contribution in [1.29, 1.82) is 0 Å². The predicted molar refractivity (Wildman–Crippen MR) is 277 cm³/mol. The van der Waals surface area contributed by atoms with Gasteiger partial charge in [0.25, 0.3) is 0 Å². The Labute approximate surface area is 408 Å². The molecule has 2 heterocycles. The van der Waals surface area contributed by atoms with Gasteiger partial charge in [0.1, 0.15) is 0 Å². The van der Waals surface area contributed by atoms with Gasteiger partial charge in [0.2, 0.25) is 19.2 Å². The Hall–Kier alpha value is -10.1. The number of nitrogens with two attached hydrogens (primary N) is 3. The molecule has 0 bridgehead atoms. The number of benzene rings is 6. The standard InChI is InChI=1S/C27H24N6O6.C24H24N6O3/c1-16-10-19(28-13-34)4-7-22(16)31-25(37)32(23-8-5-20(29-14-35)11-17(23)2)27(39)33(26(31)38)24-9-6-21(30-15-36)12-18(24)3;1-13-10-16(25)4-7-19(13)28-22(31)29(20-8-5-17(26)11-14(20)2)24(33)30(23(28)32)21-9-6-18(27)12-15(21)3/h4-15H,1-3H3,(H,28,34)(H,29,35)(H,30,36);4-12H,25-27H2,1-3H3. The first-order chi connectivity index (χ1) is 34.3. The number of hydrogen-bond donors (Lipinski definition) is 6. The van der Waals surface area contributed by atoms with Crippen LogP contribution in [0, 0.1) is 41.5 Å². The second-order valence-corrected chi connectivity index (χ2v) is 16.6. The molecule has 366 valence electrons. The fourth-order valence-electron chi connectivity index (χ4n) is 8.31. The van der Waals surface area contributed by atoms with E-state index in [1.807, 2.05) is 0 Å². The highest BCUT2D eigenvalue weighted by Crippen LogP contribution is 2.22. The molecule has 0 aliphatic rings. The zero-order valence-corrected chi connectivity index (χ0v) is 39.7. The van der Waals surface area contributed by atoms with E-state index in [4.69, 9.17) is 17.2 Å². The lowest BCUT2D eigenvalue weighted by atomic mass is 10.1. The van der Waals surface area contributed by atoms with Gasteiger partial charge < -0.3 is 33.2 Å². The molecule has 9 N–H and O–H groups in total. The Balaban J connectivity index is 0.000000214. The minimum Gasteiger partial charge on any atom is -0.399 e. The molecule has 0 saturated carbocycles. The van der Waals surface area contributed by atoms with E-state index >= 15 is 0 Å². The molecule has 0 aliphatic heterocycles. The Kier molecular flexibility index (Phi) is 14.0. The molecule has 8 rings (SSSR count). The molecule has 0 atom stereocenters.